The first-order valence-corrected chi connectivity index (χ1v) is 7.52. The van der Waals surface area contributed by atoms with Crippen molar-refractivity contribution in [1.82, 2.24) is 10.2 Å². The van der Waals surface area contributed by atoms with Gasteiger partial charge >= 0.3 is 0 Å². The maximum absolute atomic E-state index is 10.8. The molecule has 0 bridgehead atoms. The third kappa shape index (κ3) is 5.25. The number of sulfonamides is 1. The van der Waals surface area contributed by atoms with Gasteiger partial charge < -0.3 is 10.2 Å². The van der Waals surface area contributed by atoms with Crippen LogP contribution in [0, 0.1) is 5.92 Å². The molecule has 6 heteroatoms. The molecular weight excluding hydrogens is 226 g/mol. The molecule has 1 atom stereocenters. The average molecular weight is 249 g/mol. The molecule has 5 nitrogen and oxygen atoms in total. The molecule has 1 aliphatic rings. The van der Waals surface area contributed by atoms with Gasteiger partial charge in [0.05, 0.1) is 5.75 Å². The van der Waals surface area contributed by atoms with Crippen LogP contribution in [-0.2, 0) is 10.0 Å². The van der Waals surface area contributed by atoms with Gasteiger partial charge in [-0.05, 0) is 45.8 Å². The molecule has 0 saturated carbocycles. The van der Waals surface area contributed by atoms with Crippen LogP contribution in [-0.4, -0.2) is 51.8 Å². The van der Waals surface area contributed by atoms with Crippen LogP contribution in [0.1, 0.15) is 19.8 Å². The fourth-order valence-corrected chi connectivity index (χ4v) is 2.53. The summed E-state index contributed by atoms with van der Waals surface area (Å²) in [5.74, 6) is 0.668. The first-order valence-electron chi connectivity index (χ1n) is 5.81. The fourth-order valence-electron chi connectivity index (χ4n) is 2.12. The van der Waals surface area contributed by atoms with E-state index in [1.165, 1.54) is 12.8 Å². The van der Waals surface area contributed by atoms with E-state index in [-0.39, 0.29) is 5.75 Å². The maximum atomic E-state index is 10.8. The Morgan fingerprint density at radius 2 is 2.00 bits per heavy atom. The van der Waals surface area contributed by atoms with Crippen LogP contribution < -0.4 is 10.5 Å². The van der Waals surface area contributed by atoms with Crippen molar-refractivity contribution < 1.29 is 8.42 Å². The second-order valence-corrected chi connectivity index (χ2v) is 6.48. The molecular formula is C10H23N3O2S. The minimum absolute atomic E-state index is 0.0178. The molecule has 0 amide bonds. The Labute approximate surface area is 98.4 Å². The van der Waals surface area contributed by atoms with Crippen molar-refractivity contribution in [2.24, 2.45) is 11.1 Å². The molecule has 0 aromatic carbocycles. The summed E-state index contributed by atoms with van der Waals surface area (Å²) in [7, 11) is -1.20. The summed E-state index contributed by atoms with van der Waals surface area (Å²) < 4.78 is 21.5. The number of hydrogen-bond donors (Lipinski definition) is 2. The highest BCUT2D eigenvalue weighted by atomic mass is 32.2. The predicted molar refractivity (Wildman–Crippen MR) is 65.7 cm³/mol. The third-order valence-corrected chi connectivity index (χ3v) is 4.10. The van der Waals surface area contributed by atoms with Gasteiger partial charge in [0.1, 0.15) is 0 Å². The van der Waals surface area contributed by atoms with Crippen molar-refractivity contribution in [2.45, 2.75) is 25.8 Å². The summed E-state index contributed by atoms with van der Waals surface area (Å²) in [6.07, 6.45) is 2.36. The second kappa shape index (κ2) is 5.95. The standard InChI is InChI=1S/C10H23N3O2S/c1-9(12-5-8-16(11,14)15)10-3-6-13(2)7-4-10/h9-10,12H,3-8H2,1-2H3,(H2,11,14,15). The van der Waals surface area contributed by atoms with E-state index >= 15 is 0 Å². The number of likely N-dealkylation sites (tertiary alicyclic amines) is 1. The van der Waals surface area contributed by atoms with Crippen molar-refractivity contribution in [2.75, 3.05) is 32.4 Å². The number of hydrogen-bond acceptors (Lipinski definition) is 4. The number of nitrogens with zero attached hydrogens (tertiary/aromatic N) is 1. The predicted octanol–water partition coefficient (Wildman–Crippen LogP) is -0.405. The fraction of sp³-hybridized carbons (Fsp3) is 1.00. The summed E-state index contributed by atoms with van der Waals surface area (Å²) in [6, 6.07) is 0.371. The van der Waals surface area contributed by atoms with Crippen LogP contribution in [0.25, 0.3) is 0 Å². The molecule has 1 heterocycles. The third-order valence-electron chi connectivity index (χ3n) is 3.32. The number of nitrogens with two attached hydrogens (primary N) is 1. The molecule has 1 saturated heterocycles. The smallest absolute Gasteiger partial charge is 0.210 e. The molecule has 1 aliphatic heterocycles. The molecule has 1 unspecified atom stereocenters. The first kappa shape index (κ1) is 13.9. The van der Waals surface area contributed by atoms with Gasteiger partial charge in [-0.1, -0.05) is 0 Å². The zero-order valence-corrected chi connectivity index (χ0v) is 11.0. The van der Waals surface area contributed by atoms with Crippen LogP contribution in [0.15, 0.2) is 0 Å². The van der Waals surface area contributed by atoms with Gasteiger partial charge in [0, 0.05) is 12.6 Å². The van der Waals surface area contributed by atoms with E-state index in [9.17, 15) is 8.42 Å². The van der Waals surface area contributed by atoms with Crippen LogP contribution in [0.4, 0.5) is 0 Å². The van der Waals surface area contributed by atoms with Crippen molar-refractivity contribution in [1.29, 1.82) is 0 Å². The Morgan fingerprint density at radius 1 is 1.44 bits per heavy atom. The normalized spacial score (nSPS) is 22.2. The quantitative estimate of drug-likeness (QED) is 0.695. The molecule has 96 valence electrons. The van der Waals surface area contributed by atoms with Gasteiger partial charge in [-0.2, -0.15) is 0 Å². The molecule has 16 heavy (non-hydrogen) atoms. The van der Waals surface area contributed by atoms with Crippen LogP contribution in [0.3, 0.4) is 0 Å². The van der Waals surface area contributed by atoms with Crippen molar-refractivity contribution in [3.63, 3.8) is 0 Å². The molecule has 3 N–H and O–H groups in total. The largest absolute Gasteiger partial charge is 0.313 e. The average Bonchev–Trinajstić information content (AvgIpc) is 2.16. The Balaban J connectivity index is 2.22. The van der Waals surface area contributed by atoms with Gasteiger partial charge in [0.2, 0.25) is 10.0 Å². The van der Waals surface area contributed by atoms with Crippen molar-refractivity contribution >= 4 is 10.0 Å². The first-order chi connectivity index (χ1) is 7.38. The van der Waals surface area contributed by atoms with Gasteiger partial charge in [-0.15, -0.1) is 0 Å². The van der Waals surface area contributed by atoms with E-state index in [2.05, 4.69) is 24.2 Å². The summed E-state index contributed by atoms with van der Waals surface area (Å²) in [5.41, 5.74) is 0. The summed E-state index contributed by atoms with van der Waals surface area (Å²) in [6.45, 7) is 4.84. The molecule has 0 spiro atoms. The van der Waals surface area contributed by atoms with E-state index in [1.807, 2.05) is 0 Å². The lowest BCUT2D eigenvalue weighted by Gasteiger charge is -2.33. The Kier molecular flexibility index (Phi) is 5.17. The van der Waals surface area contributed by atoms with Gasteiger partial charge in [-0.25, -0.2) is 13.6 Å². The summed E-state index contributed by atoms with van der Waals surface area (Å²) >= 11 is 0. The summed E-state index contributed by atoms with van der Waals surface area (Å²) in [5, 5.41) is 8.19. The highest BCUT2D eigenvalue weighted by molar-refractivity contribution is 7.89. The van der Waals surface area contributed by atoms with Crippen molar-refractivity contribution in [3.8, 4) is 0 Å². The van der Waals surface area contributed by atoms with Gasteiger partial charge in [-0.3, -0.25) is 0 Å². The van der Waals surface area contributed by atoms with E-state index in [0.717, 1.165) is 13.1 Å². The number of primary sulfonamides is 1. The van der Waals surface area contributed by atoms with Crippen LogP contribution in [0.2, 0.25) is 0 Å². The maximum Gasteiger partial charge on any atom is 0.210 e. The summed E-state index contributed by atoms with van der Waals surface area (Å²) in [4.78, 5) is 2.33. The minimum Gasteiger partial charge on any atom is -0.313 e. The Morgan fingerprint density at radius 3 is 2.50 bits per heavy atom. The highest BCUT2D eigenvalue weighted by Crippen LogP contribution is 2.19. The van der Waals surface area contributed by atoms with Crippen molar-refractivity contribution in [3.05, 3.63) is 0 Å². The molecule has 1 rings (SSSR count). The Hall–Kier alpha value is -0.170. The van der Waals surface area contributed by atoms with E-state index in [1.54, 1.807) is 0 Å². The lowest BCUT2D eigenvalue weighted by atomic mass is 9.90. The molecule has 0 aromatic rings. The number of piperidine rings is 1. The van der Waals surface area contributed by atoms with Crippen LogP contribution in [0.5, 0.6) is 0 Å². The Bertz CT molecular complexity index is 297. The second-order valence-electron chi connectivity index (χ2n) is 4.75. The molecule has 0 aliphatic carbocycles. The topological polar surface area (TPSA) is 75.4 Å². The van der Waals surface area contributed by atoms with Gasteiger partial charge in [0.15, 0.2) is 0 Å². The van der Waals surface area contributed by atoms with Crippen LogP contribution >= 0.6 is 0 Å². The zero-order valence-electron chi connectivity index (χ0n) is 10.1. The lowest BCUT2D eigenvalue weighted by Crippen LogP contribution is -2.42. The lowest BCUT2D eigenvalue weighted by molar-refractivity contribution is 0.191. The number of nitrogens with one attached hydrogen (secondary N) is 1. The van der Waals surface area contributed by atoms with E-state index < -0.39 is 10.0 Å². The van der Waals surface area contributed by atoms with Gasteiger partial charge in [0.25, 0.3) is 0 Å². The molecule has 0 aromatic heterocycles. The minimum atomic E-state index is -3.33. The monoisotopic (exact) mass is 249 g/mol. The zero-order chi connectivity index (χ0) is 12.2. The molecule has 0 radical (unpaired) electrons. The molecule has 1 fully saturated rings. The number of rotatable bonds is 5. The van der Waals surface area contributed by atoms with E-state index in [4.69, 9.17) is 5.14 Å². The van der Waals surface area contributed by atoms with E-state index in [0.29, 0.717) is 18.5 Å². The SMILES string of the molecule is CC(NCCS(N)(=O)=O)C1CCN(C)CC1. The highest BCUT2D eigenvalue weighted by Gasteiger charge is 2.21.